The zero-order valence-electron chi connectivity index (χ0n) is 8.94. The predicted molar refractivity (Wildman–Crippen MR) is 56.7 cm³/mol. The van der Waals surface area contributed by atoms with Crippen LogP contribution in [0.25, 0.3) is 0 Å². The number of hydrogen-bond donors (Lipinski definition) is 0. The van der Waals surface area contributed by atoms with E-state index in [0.29, 0.717) is 5.70 Å². The lowest BCUT2D eigenvalue weighted by molar-refractivity contribution is -0.152. The van der Waals surface area contributed by atoms with Crippen molar-refractivity contribution in [3.8, 4) is 0 Å². The van der Waals surface area contributed by atoms with Crippen molar-refractivity contribution in [1.29, 1.82) is 0 Å². The smallest absolute Gasteiger partial charge is 0.355 e. The van der Waals surface area contributed by atoms with Crippen LogP contribution in [0.3, 0.4) is 0 Å². The summed E-state index contributed by atoms with van der Waals surface area (Å²) in [6.45, 7) is 3.85. The van der Waals surface area contributed by atoms with Crippen LogP contribution in [0.1, 0.15) is 20.3 Å². The van der Waals surface area contributed by atoms with Gasteiger partial charge in [0.05, 0.1) is 18.4 Å². The molecule has 82 valence electrons. The van der Waals surface area contributed by atoms with E-state index in [0.717, 1.165) is 11.3 Å². The number of allylic oxidation sites excluding steroid dienone is 1. The van der Waals surface area contributed by atoms with Crippen LogP contribution in [0.15, 0.2) is 10.6 Å². The van der Waals surface area contributed by atoms with E-state index in [1.54, 1.807) is 16.7 Å². The van der Waals surface area contributed by atoms with Crippen molar-refractivity contribution in [1.82, 2.24) is 4.90 Å². The second-order valence-corrected chi connectivity index (χ2v) is 4.96. The number of nitrogens with zero attached hydrogens (tertiary/aromatic N) is 1. The van der Waals surface area contributed by atoms with Gasteiger partial charge in [-0.15, -0.1) is 11.8 Å². The molecule has 2 atom stereocenters. The normalized spacial score (nSPS) is 29.0. The second-order valence-electron chi connectivity index (χ2n) is 3.63. The third-order valence-corrected chi connectivity index (χ3v) is 4.17. The van der Waals surface area contributed by atoms with Crippen LogP contribution in [-0.4, -0.2) is 29.3 Å². The first kappa shape index (κ1) is 10.5. The minimum absolute atomic E-state index is 0.0484. The summed E-state index contributed by atoms with van der Waals surface area (Å²) in [7, 11) is 1.34. The molecule has 0 aromatic rings. The first-order valence-corrected chi connectivity index (χ1v) is 5.78. The first-order valence-electron chi connectivity index (χ1n) is 4.90. The molecule has 0 N–H and O–H groups in total. The maximum Gasteiger partial charge on any atom is 0.355 e. The molecule has 2 aliphatic rings. The van der Waals surface area contributed by atoms with Gasteiger partial charge in [-0.3, -0.25) is 9.69 Å². The highest BCUT2D eigenvalue weighted by atomic mass is 32.2. The van der Waals surface area contributed by atoms with Crippen molar-refractivity contribution in [3.63, 3.8) is 0 Å². The Bertz CT molecular complexity index is 364. The molecule has 15 heavy (non-hydrogen) atoms. The number of carbonyl (C=O) groups excluding carboxylic acids is 2. The number of methoxy groups -OCH3 is 1. The number of hydrogen-bond acceptors (Lipinski definition) is 4. The lowest BCUT2D eigenvalue weighted by atomic mass is 9.94. The molecule has 2 rings (SSSR count). The zero-order valence-corrected chi connectivity index (χ0v) is 9.76. The van der Waals surface area contributed by atoms with E-state index in [9.17, 15) is 9.59 Å². The van der Waals surface area contributed by atoms with Crippen LogP contribution < -0.4 is 0 Å². The summed E-state index contributed by atoms with van der Waals surface area (Å²) in [5.41, 5.74) is 0.433. The summed E-state index contributed by atoms with van der Waals surface area (Å²) in [5, 5.41) is 0.122. The Labute approximate surface area is 92.6 Å². The standard InChI is InChI=1S/C10H13NO3S/c1-4-6-8(12)11-7(10(13)14-3)5(2)15-9(6)11/h6,9H,4H2,1-3H3/t6-,9+/m0/s1. The predicted octanol–water partition coefficient (Wildman–Crippen LogP) is 1.33. The van der Waals surface area contributed by atoms with Crippen LogP contribution >= 0.6 is 11.8 Å². The molecule has 2 heterocycles. The van der Waals surface area contributed by atoms with Gasteiger partial charge >= 0.3 is 5.97 Å². The van der Waals surface area contributed by atoms with E-state index < -0.39 is 5.97 Å². The Morgan fingerprint density at radius 1 is 1.60 bits per heavy atom. The highest BCUT2D eigenvalue weighted by Crippen LogP contribution is 2.49. The number of ether oxygens (including phenoxy) is 1. The molecule has 0 spiro atoms. The van der Waals surface area contributed by atoms with Crippen molar-refractivity contribution >= 4 is 23.6 Å². The van der Waals surface area contributed by atoms with Crippen molar-refractivity contribution in [2.75, 3.05) is 7.11 Å². The summed E-state index contributed by atoms with van der Waals surface area (Å²) in [6, 6.07) is 0. The van der Waals surface area contributed by atoms with Crippen molar-refractivity contribution in [3.05, 3.63) is 10.6 Å². The van der Waals surface area contributed by atoms with Crippen molar-refractivity contribution in [2.45, 2.75) is 25.6 Å². The van der Waals surface area contributed by atoms with Crippen LogP contribution in [0.5, 0.6) is 0 Å². The van der Waals surface area contributed by atoms with Crippen LogP contribution in [0.2, 0.25) is 0 Å². The lowest BCUT2D eigenvalue weighted by Crippen LogP contribution is -2.57. The maximum absolute atomic E-state index is 11.7. The van der Waals surface area contributed by atoms with Gasteiger partial charge in [-0.05, 0) is 13.3 Å². The summed E-state index contributed by atoms with van der Waals surface area (Å²) in [5.74, 6) is -0.301. The molecule has 0 aromatic heterocycles. The average Bonchev–Trinajstić information content (AvgIpc) is 2.52. The number of esters is 1. The quantitative estimate of drug-likeness (QED) is 0.527. The van der Waals surface area contributed by atoms with Crippen molar-refractivity contribution < 1.29 is 14.3 Å². The third-order valence-electron chi connectivity index (χ3n) is 2.84. The molecule has 5 heteroatoms. The molecule has 0 aromatic carbocycles. The number of carbonyl (C=O) groups is 2. The van der Waals surface area contributed by atoms with Gasteiger partial charge < -0.3 is 4.74 Å². The Balaban J connectivity index is 2.25. The van der Waals surface area contributed by atoms with E-state index in [2.05, 4.69) is 4.74 Å². The molecule has 2 aliphatic heterocycles. The molecular weight excluding hydrogens is 214 g/mol. The summed E-state index contributed by atoms with van der Waals surface area (Å²) in [6.07, 6.45) is 0.828. The van der Waals surface area contributed by atoms with Crippen LogP contribution in [0, 0.1) is 5.92 Å². The molecule has 4 nitrogen and oxygen atoms in total. The zero-order chi connectivity index (χ0) is 11.2. The van der Waals surface area contributed by atoms with E-state index in [-0.39, 0.29) is 17.2 Å². The van der Waals surface area contributed by atoms with E-state index in [1.807, 2.05) is 13.8 Å². The van der Waals surface area contributed by atoms with Gasteiger partial charge in [0, 0.05) is 4.91 Å². The van der Waals surface area contributed by atoms with Gasteiger partial charge in [0.2, 0.25) is 5.91 Å². The fourth-order valence-electron chi connectivity index (χ4n) is 2.02. The van der Waals surface area contributed by atoms with Gasteiger partial charge in [-0.2, -0.15) is 0 Å². The Morgan fingerprint density at radius 2 is 2.27 bits per heavy atom. The van der Waals surface area contributed by atoms with Crippen LogP contribution in [-0.2, 0) is 14.3 Å². The lowest BCUT2D eigenvalue weighted by Gasteiger charge is -2.42. The third kappa shape index (κ3) is 1.29. The van der Waals surface area contributed by atoms with Crippen molar-refractivity contribution in [2.24, 2.45) is 5.92 Å². The largest absolute Gasteiger partial charge is 0.464 e. The van der Waals surface area contributed by atoms with E-state index in [1.165, 1.54) is 7.11 Å². The van der Waals surface area contributed by atoms with E-state index >= 15 is 0 Å². The fraction of sp³-hybridized carbons (Fsp3) is 0.600. The number of rotatable bonds is 2. The number of β-lactam (4-membered cyclic amide) rings is 1. The van der Waals surface area contributed by atoms with Gasteiger partial charge in [0.1, 0.15) is 5.70 Å². The van der Waals surface area contributed by atoms with Gasteiger partial charge in [0.25, 0.3) is 0 Å². The minimum Gasteiger partial charge on any atom is -0.464 e. The number of thioether (sulfide) groups is 1. The SMILES string of the molecule is CC[C@H]1C(=O)N2C(C(=O)OC)=C(C)S[C@H]12. The maximum atomic E-state index is 11.7. The van der Waals surface area contributed by atoms with E-state index in [4.69, 9.17) is 0 Å². The highest BCUT2D eigenvalue weighted by molar-refractivity contribution is 8.04. The molecule has 1 amide bonds. The average molecular weight is 227 g/mol. The minimum atomic E-state index is -0.412. The monoisotopic (exact) mass is 227 g/mol. The molecule has 0 aliphatic carbocycles. The molecule has 0 saturated carbocycles. The molecule has 1 saturated heterocycles. The Hall–Kier alpha value is -0.970. The van der Waals surface area contributed by atoms with Gasteiger partial charge in [-0.25, -0.2) is 4.79 Å². The molecule has 0 bridgehead atoms. The Kier molecular flexibility index (Phi) is 2.50. The summed E-state index contributed by atoms with van der Waals surface area (Å²) in [4.78, 5) is 25.6. The van der Waals surface area contributed by atoms with Gasteiger partial charge in [-0.1, -0.05) is 6.92 Å². The molecule has 0 radical (unpaired) electrons. The number of amides is 1. The topological polar surface area (TPSA) is 46.6 Å². The molecular formula is C10H13NO3S. The Morgan fingerprint density at radius 3 is 2.80 bits per heavy atom. The second kappa shape index (κ2) is 3.56. The van der Waals surface area contributed by atoms with Crippen LogP contribution in [0.4, 0.5) is 0 Å². The highest BCUT2D eigenvalue weighted by Gasteiger charge is 2.54. The molecule has 1 fully saturated rings. The fourth-order valence-corrected chi connectivity index (χ4v) is 3.46. The van der Waals surface area contributed by atoms with Gasteiger partial charge in [0.15, 0.2) is 0 Å². The summed E-state index contributed by atoms with van der Waals surface area (Å²) < 4.78 is 4.67. The first-order chi connectivity index (χ1) is 7.11. The summed E-state index contributed by atoms with van der Waals surface area (Å²) >= 11 is 1.59. The molecule has 0 unspecified atom stereocenters. The number of fused-ring (bicyclic) bond motifs is 1.